The lowest BCUT2D eigenvalue weighted by Crippen LogP contribution is -2.40. The molecule has 1 aliphatic rings. The monoisotopic (exact) mass is 441 g/mol. The molecule has 1 aromatic heterocycles. The molecule has 1 fully saturated rings. The van der Waals surface area contributed by atoms with Gasteiger partial charge in [0, 0.05) is 6.54 Å². The number of rotatable bonds is 6. The number of benzene rings is 1. The number of ether oxygens (including phenoxy) is 2. The molecular formula is C18H23N3O6S2. The van der Waals surface area contributed by atoms with Gasteiger partial charge in [0.05, 0.1) is 30.2 Å². The number of fused-ring (bicyclic) bond motifs is 1. The second-order valence-corrected chi connectivity index (χ2v) is 9.54. The second kappa shape index (κ2) is 8.64. The summed E-state index contributed by atoms with van der Waals surface area (Å²) in [5.41, 5.74) is 0.710. The normalized spacial score (nSPS) is 18.3. The number of carbonyl (C=O) groups is 2. The fraction of sp³-hybridized carbons (Fsp3) is 0.500. The molecule has 0 aliphatic carbocycles. The highest BCUT2D eigenvalue weighted by Crippen LogP contribution is 2.24. The van der Waals surface area contributed by atoms with Gasteiger partial charge in [0.1, 0.15) is 18.3 Å². The molecule has 1 aliphatic heterocycles. The maximum atomic E-state index is 12.8. The number of carbonyl (C=O) groups excluding carboxylic acids is 2. The van der Waals surface area contributed by atoms with Gasteiger partial charge in [-0.15, -0.1) is 0 Å². The molecule has 1 aromatic carbocycles. The van der Waals surface area contributed by atoms with Gasteiger partial charge in [-0.25, -0.2) is 8.42 Å². The van der Waals surface area contributed by atoms with Crippen LogP contribution in [-0.4, -0.2) is 61.7 Å². The van der Waals surface area contributed by atoms with E-state index in [1.54, 1.807) is 36.8 Å². The molecule has 2 aromatic rings. The smallest absolute Gasteiger partial charge is 0.326 e. The average Bonchev–Trinajstić information content (AvgIpc) is 3.27. The molecule has 1 unspecified atom stereocenters. The van der Waals surface area contributed by atoms with E-state index in [4.69, 9.17) is 9.47 Å². The third-order valence-corrected chi connectivity index (χ3v) is 6.93. The van der Waals surface area contributed by atoms with Gasteiger partial charge in [0.25, 0.3) is 5.91 Å². The van der Waals surface area contributed by atoms with E-state index in [-0.39, 0.29) is 13.2 Å². The van der Waals surface area contributed by atoms with Crippen molar-refractivity contribution < 1.29 is 27.5 Å². The van der Waals surface area contributed by atoms with E-state index in [1.165, 1.54) is 15.6 Å². The van der Waals surface area contributed by atoms with Gasteiger partial charge in [0.2, 0.25) is 10.0 Å². The van der Waals surface area contributed by atoms with Crippen molar-refractivity contribution in [2.24, 2.45) is 4.99 Å². The zero-order valence-corrected chi connectivity index (χ0v) is 18.1. The number of amides is 1. The van der Waals surface area contributed by atoms with Gasteiger partial charge in [0.15, 0.2) is 4.80 Å². The lowest BCUT2D eigenvalue weighted by molar-refractivity contribution is -0.143. The van der Waals surface area contributed by atoms with Crippen molar-refractivity contribution in [3.05, 3.63) is 23.0 Å². The zero-order valence-electron chi connectivity index (χ0n) is 16.5. The lowest BCUT2D eigenvalue weighted by atomic mass is 10.2. The minimum Gasteiger partial charge on any atom is -0.497 e. The average molecular weight is 442 g/mol. The lowest BCUT2D eigenvalue weighted by Gasteiger charge is -2.18. The Labute approximate surface area is 172 Å². The first-order valence-electron chi connectivity index (χ1n) is 9.13. The number of esters is 1. The quantitative estimate of drug-likeness (QED) is 0.622. The summed E-state index contributed by atoms with van der Waals surface area (Å²) in [6, 6.07) is 4.51. The molecule has 2 heterocycles. The Morgan fingerprint density at radius 2 is 2.10 bits per heavy atom. The molecule has 1 saturated heterocycles. The highest BCUT2D eigenvalue weighted by atomic mass is 32.2. The van der Waals surface area contributed by atoms with Crippen LogP contribution < -0.4 is 9.54 Å². The number of thiazole rings is 1. The number of hydrogen-bond donors (Lipinski definition) is 0. The van der Waals surface area contributed by atoms with Crippen LogP contribution in [0.1, 0.15) is 19.8 Å². The summed E-state index contributed by atoms with van der Waals surface area (Å²) >= 11 is 1.23. The van der Waals surface area contributed by atoms with Crippen LogP contribution in [0.4, 0.5) is 0 Å². The van der Waals surface area contributed by atoms with Crippen molar-refractivity contribution in [1.29, 1.82) is 0 Å². The number of nitrogens with zero attached hydrogens (tertiary/aromatic N) is 3. The third kappa shape index (κ3) is 4.68. The van der Waals surface area contributed by atoms with Gasteiger partial charge in [-0.2, -0.15) is 9.30 Å². The molecule has 0 saturated carbocycles. The molecule has 158 valence electrons. The van der Waals surface area contributed by atoms with E-state index in [2.05, 4.69) is 4.99 Å². The Hall–Kier alpha value is -2.24. The first-order valence-corrected chi connectivity index (χ1v) is 11.8. The summed E-state index contributed by atoms with van der Waals surface area (Å²) in [7, 11) is -1.95. The topological polar surface area (TPSA) is 107 Å². The summed E-state index contributed by atoms with van der Waals surface area (Å²) in [4.78, 5) is 29.4. The Balaban J connectivity index is 2.06. The van der Waals surface area contributed by atoms with Crippen LogP contribution >= 0.6 is 11.3 Å². The fourth-order valence-corrected chi connectivity index (χ4v) is 5.49. The van der Waals surface area contributed by atoms with Crippen LogP contribution in [0.2, 0.25) is 0 Å². The predicted molar refractivity (Wildman–Crippen MR) is 108 cm³/mol. The van der Waals surface area contributed by atoms with E-state index in [1.807, 2.05) is 0 Å². The molecule has 0 N–H and O–H groups in total. The largest absolute Gasteiger partial charge is 0.497 e. The highest BCUT2D eigenvalue weighted by molar-refractivity contribution is 7.88. The zero-order chi connectivity index (χ0) is 21.2. The SMILES string of the molecule is CCOC(=O)Cn1c(=NC(=O)C2CCCN2S(C)(=O)=O)sc2cc(OC)ccc21. The first-order chi connectivity index (χ1) is 13.7. The number of sulfonamides is 1. The number of aromatic nitrogens is 1. The molecule has 1 atom stereocenters. The summed E-state index contributed by atoms with van der Waals surface area (Å²) in [6.45, 7) is 2.16. The van der Waals surface area contributed by atoms with Crippen molar-refractivity contribution in [1.82, 2.24) is 8.87 Å². The Kier molecular flexibility index (Phi) is 6.39. The van der Waals surface area contributed by atoms with Crippen LogP contribution in [0.15, 0.2) is 23.2 Å². The van der Waals surface area contributed by atoms with Crippen LogP contribution in [0.5, 0.6) is 5.75 Å². The van der Waals surface area contributed by atoms with Crippen LogP contribution in [0, 0.1) is 0 Å². The van der Waals surface area contributed by atoms with Gasteiger partial charge in [-0.3, -0.25) is 9.59 Å². The molecule has 0 bridgehead atoms. The van der Waals surface area contributed by atoms with E-state index in [0.29, 0.717) is 35.5 Å². The maximum Gasteiger partial charge on any atom is 0.326 e. The first kappa shape index (κ1) is 21.5. The Morgan fingerprint density at radius 3 is 2.76 bits per heavy atom. The van der Waals surface area contributed by atoms with E-state index in [0.717, 1.165) is 11.0 Å². The van der Waals surface area contributed by atoms with Crippen LogP contribution in [-0.2, 0) is 30.9 Å². The molecule has 1 amide bonds. The molecule has 9 nitrogen and oxygen atoms in total. The number of hydrogen-bond acceptors (Lipinski definition) is 7. The molecule has 3 rings (SSSR count). The van der Waals surface area contributed by atoms with E-state index >= 15 is 0 Å². The molecule has 11 heteroatoms. The summed E-state index contributed by atoms with van der Waals surface area (Å²) in [5.74, 6) is -0.349. The van der Waals surface area contributed by atoms with E-state index in [9.17, 15) is 18.0 Å². The second-order valence-electron chi connectivity index (χ2n) is 6.59. The third-order valence-electron chi connectivity index (χ3n) is 4.60. The fourth-order valence-electron chi connectivity index (χ4n) is 3.31. The minimum atomic E-state index is -3.50. The van der Waals surface area contributed by atoms with Crippen molar-refractivity contribution in [3.8, 4) is 5.75 Å². The maximum absolute atomic E-state index is 12.8. The molecule has 0 radical (unpaired) electrons. The Bertz CT molecular complexity index is 1100. The van der Waals surface area contributed by atoms with Gasteiger partial charge < -0.3 is 14.0 Å². The Morgan fingerprint density at radius 1 is 1.34 bits per heavy atom. The highest BCUT2D eigenvalue weighted by Gasteiger charge is 2.36. The summed E-state index contributed by atoms with van der Waals surface area (Å²) in [6.07, 6.45) is 2.11. The van der Waals surface area contributed by atoms with Gasteiger partial charge in [-0.1, -0.05) is 11.3 Å². The van der Waals surface area contributed by atoms with Crippen molar-refractivity contribution in [2.45, 2.75) is 32.4 Å². The standard InChI is InChI=1S/C18H23N3O6S2/c1-4-27-16(22)11-20-13-8-7-12(26-2)10-15(13)28-18(20)19-17(23)14-6-5-9-21(14)29(3,24)25/h7-8,10,14H,4-6,9,11H2,1-3H3. The van der Waals surface area contributed by atoms with Crippen LogP contribution in [0.3, 0.4) is 0 Å². The van der Waals surface area contributed by atoms with Gasteiger partial charge in [-0.05, 0) is 38.0 Å². The number of methoxy groups -OCH3 is 1. The van der Waals surface area contributed by atoms with Gasteiger partial charge >= 0.3 is 5.97 Å². The van der Waals surface area contributed by atoms with Crippen molar-refractivity contribution in [2.75, 3.05) is 26.5 Å². The summed E-state index contributed by atoms with van der Waals surface area (Å²) in [5, 5.41) is 0. The van der Waals surface area contributed by atoms with Crippen molar-refractivity contribution in [3.63, 3.8) is 0 Å². The molecule has 0 spiro atoms. The van der Waals surface area contributed by atoms with Crippen LogP contribution in [0.25, 0.3) is 10.2 Å². The molecular weight excluding hydrogens is 418 g/mol. The minimum absolute atomic E-state index is 0.104. The van der Waals surface area contributed by atoms with E-state index < -0.39 is 27.9 Å². The summed E-state index contributed by atoms with van der Waals surface area (Å²) < 4.78 is 37.8. The predicted octanol–water partition coefficient (Wildman–Crippen LogP) is 1.13. The van der Waals surface area contributed by atoms with Crippen molar-refractivity contribution >= 4 is 43.5 Å². The molecule has 29 heavy (non-hydrogen) atoms.